The van der Waals surface area contributed by atoms with E-state index in [1.807, 2.05) is 19.1 Å². The van der Waals surface area contributed by atoms with Gasteiger partial charge in [-0.1, -0.05) is 12.2 Å². The van der Waals surface area contributed by atoms with E-state index in [0.717, 1.165) is 17.9 Å². The van der Waals surface area contributed by atoms with Crippen LogP contribution in [0.15, 0.2) is 60.4 Å². The molecule has 0 heterocycles. The number of benzene rings is 1. The molecule has 3 nitrogen and oxygen atoms in total. The summed E-state index contributed by atoms with van der Waals surface area (Å²) in [4.78, 5) is 12.1. The van der Waals surface area contributed by atoms with E-state index >= 15 is 0 Å². The lowest BCUT2D eigenvalue weighted by atomic mass is 9.98. The van der Waals surface area contributed by atoms with Gasteiger partial charge >= 0.3 is 0 Å². The summed E-state index contributed by atoms with van der Waals surface area (Å²) < 4.78 is 10.5. The van der Waals surface area contributed by atoms with Crippen molar-refractivity contribution in [2.24, 2.45) is 5.92 Å². The summed E-state index contributed by atoms with van der Waals surface area (Å²) in [6.07, 6.45) is 10.5. The zero-order chi connectivity index (χ0) is 15.1. The minimum atomic E-state index is 0.00522. The summed E-state index contributed by atoms with van der Waals surface area (Å²) in [5.41, 5.74) is 0.664. The van der Waals surface area contributed by atoms with Crippen molar-refractivity contribution in [2.45, 2.75) is 13.3 Å². The average Bonchev–Trinajstić information content (AvgIpc) is 2.54. The molecule has 0 fully saturated rings. The molecule has 1 aromatic rings. The van der Waals surface area contributed by atoms with Crippen molar-refractivity contribution in [1.82, 2.24) is 0 Å². The lowest BCUT2D eigenvalue weighted by Crippen LogP contribution is -2.01. The molecule has 0 aromatic heterocycles. The highest BCUT2D eigenvalue weighted by Crippen LogP contribution is 2.19. The van der Waals surface area contributed by atoms with Gasteiger partial charge in [-0.15, -0.1) is 0 Å². The number of carbonyl (C=O) groups is 1. The van der Waals surface area contributed by atoms with Crippen LogP contribution in [-0.4, -0.2) is 19.5 Å². The summed E-state index contributed by atoms with van der Waals surface area (Å²) in [6, 6.07) is 7.13. The highest BCUT2D eigenvalue weighted by atomic mass is 16.5. The summed E-state index contributed by atoms with van der Waals surface area (Å²) in [5, 5.41) is 0. The molecule has 1 aliphatic carbocycles. The van der Waals surface area contributed by atoms with Gasteiger partial charge in [-0.3, -0.25) is 4.79 Å². The van der Waals surface area contributed by atoms with Gasteiger partial charge in [0.25, 0.3) is 0 Å². The van der Waals surface area contributed by atoms with Gasteiger partial charge in [-0.2, -0.15) is 0 Å². The molecule has 2 rings (SSSR count). The molecule has 0 N–H and O–H groups in total. The molecule has 1 unspecified atom stereocenters. The molecule has 0 radical (unpaired) electrons. The molecule has 1 aliphatic rings. The highest BCUT2D eigenvalue weighted by Gasteiger charge is 2.07. The first kappa shape index (κ1) is 15.1. The maximum Gasteiger partial charge on any atom is 0.185 e. The van der Waals surface area contributed by atoms with Crippen LogP contribution < -0.4 is 4.74 Å². The lowest BCUT2D eigenvalue weighted by molar-refractivity contribution is 0.104. The maximum absolute atomic E-state index is 12.1. The first-order valence-corrected chi connectivity index (χ1v) is 7.10. The number of ketones is 1. The van der Waals surface area contributed by atoms with Crippen molar-refractivity contribution >= 4 is 5.78 Å². The fourth-order valence-corrected chi connectivity index (χ4v) is 2.10. The molecule has 0 amide bonds. The predicted molar refractivity (Wildman–Crippen MR) is 83.4 cm³/mol. The van der Waals surface area contributed by atoms with Gasteiger partial charge in [-0.25, -0.2) is 0 Å². The van der Waals surface area contributed by atoms with Gasteiger partial charge in [-0.05, 0) is 61.8 Å². The second-order valence-electron chi connectivity index (χ2n) is 4.75. The van der Waals surface area contributed by atoms with E-state index in [2.05, 4.69) is 12.2 Å². The smallest absolute Gasteiger partial charge is 0.185 e. The number of hydrogen-bond donors (Lipinski definition) is 0. The van der Waals surface area contributed by atoms with Gasteiger partial charge in [0.15, 0.2) is 5.78 Å². The fourth-order valence-electron chi connectivity index (χ4n) is 2.10. The Morgan fingerprint density at radius 1 is 1.33 bits per heavy atom. The molecule has 110 valence electrons. The van der Waals surface area contributed by atoms with Crippen LogP contribution in [0.2, 0.25) is 0 Å². The Bertz CT molecular complexity index is 565. The molecule has 1 aromatic carbocycles. The number of allylic oxidation sites excluding steroid dienone is 5. The third kappa shape index (κ3) is 4.35. The third-order valence-corrected chi connectivity index (χ3v) is 3.28. The summed E-state index contributed by atoms with van der Waals surface area (Å²) >= 11 is 0. The number of carbonyl (C=O) groups excluding carboxylic acids is 1. The quantitative estimate of drug-likeness (QED) is 0.586. The molecule has 0 bridgehead atoms. The Labute approximate surface area is 125 Å². The molecular formula is C18H20O3. The Kier molecular flexibility index (Phi) is 5.38. The van der Waals surface area contributed by atoms with Crippen LogP contribution in [-0.2, 0) is 4.74 Å². The first-order valence-electron chi connectivity index (χ1n) is 7.10. The Balaban J connectivity index is 1.92. The summed E-state index contributed by atoms with van der Waals surface area (Å²) in [6.45, 7) is 2.64. The van der Waals surface area contributed by atoms with Crippen LogP contribution in [0.1, 0.15) is 23.7 Å². The highest BCUT2D eigenvalue weighted by molar-refractivity contribution is 6.04. The minimum absolute atomic E-state index is 0.00522. The van der Waals surface area contributed by atoms with Crippen LogP contribution in [0, 0.1) is 5.92 Å². The average molecular weight is 284 g/mol. The SMILES string of the molecule is CCOC1=CCC(C=CC(=O)c2ccc(OC)cc2)C=C1. The van der Waals surface area contributed by atoms with Crippen molar-refractivity contribution in [1.29, 1.82) is 0 Å². The second kappa shape index (κ2) is 7.48. The van der Waals surface area contributed by atoms with E-state index < -0.39 is 0 Å². The molecule has 0 saturated heterocycles. The molecule has 3 heteroatoms. The fraction of sp³-hybridized carbons (Fsp3) is 0.278. The van der Waals surface area contributed by atoms with E-state index in [4.69, 9.17) is 9.47 Å². The van der Waals surface area contributed by atoms with Crippen LogP contribution in [0.25, 0.3) is 0 Å². The number of hydrogen-bond acceptors (Lipinski definition) is 3. The van der Waals surface area contributed by atoms with Crippen LogP contribution in [0.5, 0.6) is 5.75 Å². The first-order chi connectivity index (χ1) is 10.2. The Hall–Kier alpha value is -2.29. The van der Waals surface area contributed by atoms with Crippen molar-refractivity contribution < 1.29 is 14.3 Å². The third-order valence-electron chi connectivity index (χ3n) is 3.28. The van der Waals surface area contributed by atoms with Gasteiger partial charge in [0, 0.05) is 5.56 Å². The summed E-state index contributed by atoms with van der Waals surface area (Å²) in [5.74, 6) is 1.91. The molecule has 0 saturated carbocycles. The summed E-state index contributed by atoms with van der Waals surface area (Å²) in [7, 11) is 1.61. The van der Waals surface area contributed by atoms with Crippen molar-refractivity contribution in [3.8, 4) is 5.75 Å². The molecule has 0 spiro atoms. The topological polar surface area (TPSA) is 35.5 Å². The van der Waals surface area contributed by atoms with Crippen LogP contribution in [0.3, 0.4) is 0 Å². The van der Waals surface area contributed by atoms with Crippen LogP contribution >= 0.6 is 0 Å². The van der Waals surface area contributed by atoms with Crippen molar-refractivity contribution in [3.05, 3.63) is 66.0 Å². The Morgan fingerprint density at radius 3 is 2.67 bits per heavy atom. The normalized spacial score (nSPS) is 17.6. The Morgan fingerprint density at radius 2 is 2.10 bits per heavy atom. The second-order valence-corrected chi connectivity index (χ2v) is 4.75. The van der Waals surface area contributed by atoms with Gasteiger partial charge in [0.05, 0.1) is 13.7 Å². The monoisotopic (exact) mass is 284 g/mol. The van der Waals surface area contributed by atoms with E-state index in [1.54, 1.807) is 37.5 Å². The number of ether oxygens (including phenoxy) is 2. The van der Waals surface area contributed by atoms with Gasteiger partial charge < -0.3 is 9.47 Å². The van der Waals surface area contributed by atoms with Gasteiger partial charge in [0.1, 0.15) is 11.5 Å². The van der Waals surface area contributed by atoms with Crippen molar-refractivity contribution in [2.75, 3.05) is 13.7 Å². The van der Waals surface area contributed by atoms with Crippen LogP contribution in [0.4, 0.5) is 0 Å². The molecule has 21 heavy (non-hydrogen) atoms. The van der Waals surface area contributed by atoms with E-state index in [-0.39, 0.29) is 11.7 Å². The molecule has 1 atom stereocenters. The van der Waals surface area contributed by atoms with Gasteiger partial charge in [0.2, 0.25) is 0 Å². The van der Waals surface area contributed by atoms with E-state index in [0.29, 0.717) is 12.2 Å². The molecular weight excluding hydrogens is 264 g/mol. The zero-order valence-electron chi connectivity index (χ0n) is 12.4. The van der Waals surface area contributed by atoms with E-state index in [9.17, 15) is 4.79 Å². The standard InChI is InChI=1S/C18H20O3/c1-3-21-17-9-4-14(5-10-17)6-13-18(19)15-7-11-16(20-2)12-8-15/h4,6-14H,3,5H2,1-2H3. The number of rotatable bonds is 6. The molecule has 0 aliphatic heterocycles. The number of methoxy groups -OCH3 is 1. The predicted octanol–water partition coefficient (Wildman–Crippen LogP) is 3.93. The largest absolute Gasteiger partial charge is 0.497 e. The maximum atomic E-state index is 12.1. The van der Waals surface area contributed by atoms with Crippen molar-refractivity contribution in [3.63, 3.8) is 0 Å². The zero-order valence-corrected chi connectivity index (χ0v) is 12.4. The lowest BCUT2D eigenvalue weighted by Gasteiger charge is -2.12. The van der Waals surface area contributed by atoms with E-state index in [1.165, 1.54) is 0 Å². The minimum Gasteiger partial charge on any atom is -0.497 e.